The molecule has 13 heavy (non-hydrogen) atoms. The van der Waals surface area contributed by atoms with Crippen molar-refractivity contribution in [1.82, 2.24) is 0 Å². The zero-order valence-electron chi connectivity index (χ0n) is 7.50. The predicted molar refractivity (Wildman–Crippen MR) is 47.8 cm³/mol. The van der Waals surface area contributed by atoms with Crippen LogP contribution in [0.15, 0.2) is 12.1 Å². The summed E-state index contributed by atoms with van der Waals surface area (Å²) >= 11 is 0. The average molecular weight is 175 g/mol. The molecule has 3 nitrogen and oxygen atoms in total. The summed E-state index contributed by atoms with van der Waals surface area (Å²) in [6.45, 7) is 1.80. The Hall–Kier alpha value is -1.82. The van der Waals surface area contributed by atoms with Crippen molar-refractivity contribution in [1.29, 1.82) is 5.26 Å². The molecule has 0 aliphatic carbocycles. The number of carbonyl (C=O) groups excluding carboxylic acids is 1. The van der Waals surface area contributed by atoms with Gasteiger partial charge in [0.2, 0.25) is 0 Å². The first-order valence-electron chi connectivity index (χ1n) is 3.77. The van der Waals surface area contributed by atoms with E-state index in [0.717, 1.165) is 5.56 Å². The van der Waals surface area contributed by atoms with Crippen molar-refractivity contribution < 1.29 is 9.53 Å². The topological polar surface area (TPSA) is 50.1 Å². The van der Waals surface area contributed by atoms with Crippen LogP contribution in [0, 0.1) is 18.3 Å². The Morgan fingerprint density at radius 2 is 2.23 bits per heavy atom. The summed E-state index contributed by atoms with van der Waals surface area (Å²) in [6, 6.07) is 5.33. The second kappa shape index (κ2) is 3.72. The van der Waals surface area contributed by atoms with Crippen molar-refractivity contribution in [3.63, 3.8) is 0 Å². The molecule has 0 saturated carbocycles. The lowest BCUT2D eigenvalue weighted by Gasteiger charge is -2.07. The molecular formula is C10H9NO2. The number of benzene rings is 1. The van der Waals surface area contributed by atoms with Gasteiger partial charge in [-0.15, -0.1) is 0 Å². The fraction of sp³-hybridized carbons (Fsp3) is 0.200. The van der Waals surface area contributed by atoms with Gasteiger partial charge in [0.05, 0.1) is 18.2 Å². The molecule has 3 heteroatoms. The minimum Gasteiger partial charge on any atom is -0.495 e. The second-order valence-corrected chi connectivity index (χ2v) is 2.61. The summed E-state index contributed by atoms with van der Waals surface area (Å²) in [7, 11) is 1.45. The third-order valence-corrected chi connectivity index (χ3v) is 1.86. The van der Waals surface area contributed by atoms with Crippen LogP contribution in [-0.2, 0) is 0 Å². The van der Waals surface area contributed by atoms with E-state index in [-0.39, 0.29) is 0 Å². The van der Waals surface area contributed by atoms with Crippen LogP contribution in [0.2, 0.25) is 0 Å². The maximum Gasteiger partial charge on any atom is 0.154 e. The first-order chi connectivity index (χ1) is 6.24. The van der Waals surface area contributed by atoms with Crippen molar-refractivity contribution in [3.05, 3.63) is 28.8 Å². The minimum absolute atomic E-state index is 0.359. The molecular weight excluding hydrogens is 166 g/mol. The quantitative estimate of drug-likeness (QED) is 0.642. The first-order valence-corrected chi connectivity index (χ1v) is 3.77. The summed E-state index contributed by atoms with van der Waals surface area (Å²) in [5.41, 5.74) is 1.64. The number of carbonyl (C=O) groups is 1. The van der Waals surface area contributed by atoms with Crippen molar-refractivity contribution in [3.8, 4) is 11.8 Å². The van der Waals surface area contributed by atoms with Gasteiger partial charge < -0.3 is 4.74 Å². The number of hydrogen-bond acceptors (Lipinski definition) is 3. The van der Waals surface area contributed by atoms with Gasteiger partial charge in [-0.25, -0.2) is 0 Å². The Bertz CT molecular complexity index is 377. The number of ether oxygens (including phenoxy) is 1. The lowest BCUT2D eigenvalue weighted by Crippen LogP contribution is -1.96. The van der Waals surface area contributed by atoms with E-state index in [1.165, 1.54) is 7.11 Å². The molecule has 1 rings (SSSR count). The van der Waals surface area contributed by atoms with Gasteiger partial charge in [0.1, 0.15) is 11.8 Å². The summed E-state index contributed by atoms with van der Waals surface area (Å²) < 4.78 is 4.99. The molecule has 0 unspecified atom stereocenters. The Morgan fingerprint density at radius 1 is 1.54 bits per heavy atom. The van der Waals surface area contributed by atoms with Gasteiger partial charge in [-0.2, -0.15) is 5.26 Å². The maximum absolute atomic E-state index is 10.7. The van der Waals surface area contributed by atoms with Crippen molar-refractivity contribution >= 4 is 6.29 Å². The molecule has 0 aliphatic heterocycles. The number of hydrogen-bond donors (Lipinski definition) is 0. The summed E-state index contributed by atoms with van der Waals surface area (Å²) in [4.78, 5) is 10.7. The highest BCUT2D eigenvalue weighted by Crippen LogP contribution is 2.24. The molecule has 0 atom stereocenters. The molecule has 0 radical (unpaired) electrons. The van der Waals surface area contributed by atoms with Crippen LogP contribution in [0.4, 0.5) is 0 Å². The zero-order valence-corrected chi connectivity index (χ0v) is 7.50. The van der Waals surface area contributed by atoms with Crippen LogP contribution in [0.5, 0.6) is 5.75 Å². The highest BCUT2D eigenvalue weighted by atomic mass is 16.5. The van der Waals surface area contributed by atoms with E-state index in [4.69, 9.17) is 10.00 Å². The lowest BCUT2D eigenvalue weighted by molar-refractivity contribution is 0.112. The summed E-state index contributed by atoms with van der Waals surface area (Å²) in [6.07, 6.45) is 0.703. The van der Waals surface area contributed by atoms with Crippen LogP contribution < -0.4 is 4.74 Å². The van der Waals surface area contributed by atoms with Crippen LogP contribution in [0.25, 0.3) is 0 Å². The smallest absolute Gasteiger partial charge is 0.154 e. The highest BCUT2D eigenvalue weighted by Gasteiger charge is 2.10. The number of rotatable bonds is 2. The molecule has 0 aromatic heterocycles. The highest BCUT2D eigenvalue weighted by molar-refractivity contribution is 5.83. The molecule has 1 aromatic rings. The molecule has 0 heterocycles. The van der Waals surface area contributed by atoms with Gasteiger partial charge in [0.15, 0.2) is 6.29 Å². The zero-order chi connectivity index (χ0) is 9.84. The van der Waals surface area contributed by atoms with Crippen molar-refractivity contribution in [2.24, 2.45) is 0 Å². The normalized spacial score (nSPS) is 9.00. The second-order valence-electron chi connectivity index (χ2n) is 2.61. The standard InChI is InChI=1S/C10H9NO2/c1-7-3-4-8(5-11)10(13-2)9(7)6-12/h3-4,6H,1-2H3. The fourth-order valence-corrected chi connectivity index (χ4v) is 1.15. The van der Waals surface area contributed by atoms with E-state index in [9.17, 15) is 4.79 Å². The SMILES string of the molecule is COc1c(C#N)ccc(C)c1C=O. The maximum atomic E-state index is 10.7. The molecule has 0 amide bonds. The molecule has 0 saturated heterocycles. The van der Waals surface area contributed by atoms with Crippen LogP contribution in [-0.4, -0.2) is 13.4 Å². The third-order valence-electron chi connectivity index (χ3n) is 1.86. The van der Waals surface area contributed by atoms with Crippen LogP contribution in [0.1, 0.15) is 21.5 Å². The van der Waals surface area contributed by atoms with Gasteiger partial charge >= 0.3 is 0 Å². The van der Waals surface area contributed by atoms with E-state index in [0.29, 0.717) is 23.2 Å². The van der Waals surface area contributed by atoms with E-state index in [1.54, 1.807) is 19.1 Å². The van der Waals surface area contributed by atoms with Crippen LogP contribution >= 0.6 is 0 Å². The van der Waals surface area contributed by atoms with Gasteiger partial charge in [0.25, 0.3) is 0 Å². The van der Waals surface area contributed by atoms with E-state index in [1.807, 2.05) is 6.07 Å². The van der Waals surface area contributed by atoms with E-state index < -0.39 is 0 Å². The number of nitrogens with zero attached hydrogens (tertiary/aromatic N) is 1. The average Bonchev–Trinajstić information content (AvgIpc) is 2.17. The largest absolute Gasteiger partial charge is 0.495 e. The summed E-state index contributed by atoms with van der Waals surface area (Å²) in [5.74, 6) is 0.359. The van der Waals surface area contributed by atoms with E-state index in [2.05, 4.69) is 0 Å². The fourth-order valence-electron chi connectivity index (χ4n) is 1.15. The van der Waals surface area contributed by atoms with Gasteiger partial charge in [-0.3, -0.25) is 4.79 Å². The number of methoxy groups -OCH3 is 1. The van der Waals surface area contributed by atoms with E-state index >= 15 is 0 Å². The Labute approximate surface area is 76.6 Å². The van der Waals surface area contributed by atoms with Gasteiger partial charge in [-0.1, -0.05) is 6.07 Å². The van der Waals surface area contributed by atoms with Gasteiger partial charge in [-0.05, 0) is 18.6 Å². The molecule has 0 N–H and O–H groups in total. The minimum atomic E-state index is 0.359. The van der Waals surface area contributed by atoms with Crippen molar-refractivity contribution in [2.75, 3.05) is 7.11 Å². The lowest BCUT2D eigenvalue weighted by atomic mass is 10.0. The Morgan fingerprint density at radius 3 is 2.69 bits per heavy atom. The van der Waals surface area contributed by atoms with Crippen LogP contribution in [0.3, 0.4) is 0 Å². The first kappa shape index (κ1) is 9.27. The molecule has 0 aliphatic rings. The number of aryl methyl sites for hydroxylation is 1. The third kappa shape index (κ3) is 1.52. The Kier molecular flexibility index (Phi) is 2.65. The molecule has 66 valence electrons. The predicted octanol–water partition coefficient (Wildman–Crippen LogP) is 1.69. The molecule has 0 bridgehead atoms. The number of aldehydes is 1. The summed E-state index contributed by atoms with van der Waals surface area (Å²) in [5, 5.41) is 8.71. The van der Waals surface area contributed by atoms with Gasteiger partial charge in [0, 0.05) is 0 Å². The molecule has 1 aromatic carbocycles. The molecule has 0 fully saturated rings. The monoisotopic (exact) mass is 175 g/mol. The van der Waals surface area contributed by atoms with Crippen molar-refractivity contribution in [2.45, 2.75) is 6.92 Å². The number of nitriles is 1. The molecule has 0 spiro atoms. The Balaban J connectivity index is 3.47.